The molecule has 0 aromatic rings. The van der Waals surface area contributed by atoms with Crippen LogP contribution in [0, 0.1) is 5.92 Å². The van der Waals surface area contributed by atoms with Crippen molar-refractivity contribution in [1.82, 2.24) is 10.2 Å². The van der Waals surface area contributed by atoms with Crippen LogP contribution in [0.2, 0.25) is 0 Å². The second kappa shape index (κ2) is 11.6. The summed E-state index contributed by atoms with van der Waals surface area (Å²) in [5.74, 6) is -3.74. The molecule has 0 aliphatic carbocycles. The molecule has 0 aromatic carbocycles. The molecular weight excluding hydrogens is 437 g/mol. The zero-order chi connectivity index (χ0) is 24.7. The predicted molar refractivity (Wildman–Crippen MR) is 107 cm³/mol. The lowest BCUT2D eigenvalue weighted by Crippen LogP contribution is -2.69. The fourth-order valence-corrected chi connectivity index (χ4v) is 4.62. The van der Waals surface area contributed by atoms with E-state index in [1.54, 1.807) is 0 Å². The zero-order valence-electron chi connectivity index (χ0n) is 18.3. The highest BCUT2D eigenvalue weighted by Crippen LogP contribution is 2.43. The molecule has 2 heterocycles. The predicted octanol–water partition coefficient (Wildman–Crippen LogP) is 1.41. The van der Waals surface area contributed by atoms with Gasteiger partial charge in [-0.1, -0.05) is 12.2 Å². The quantitative estimate of drug-likeness (QED) is 0.412. The standard InChI is InChI=1S/C18H30N2O5.C2HF3O2/c1-4-6-13-11-14(17(23)24)20-9-7-18(8-10-21,25-5-2)16(15(13)20)19-12(3)22;3-2(4,5)1(6)7/h4,6,13-16,21H,5,7-11H2,1-3H3,(H,19,22)(H,23,24);(H,6,7)/b6-4-;/t13-,14-,15-,16-,18-;/m1./s1. The van der Waals surface area contributed by atoms with Crippen LogP contribution in [-0.2, 0) is 19.1 Å². The van der Waals surface area contributed by atoms with Gasteiger partial charge in [0.1, 0.15) is 6.04 Å². The fourth-order valence-electron chi connectivity index (χ4n) is 4.62. The maximum atomic E-state index is 11.9. The molecule has 9 nitrogen and oxygen atoms in total. The number of aliphatic carboxylic acids is 2. The van der Waals surface area contributed by atoms with E-state index in [-0.39, 0.29) is 30.5 Å². The van der Waals surface area contributed by atoms with Crippen LogP contribution in [0.4, 0.5) is 13.2 Å². The number of nitrogens with zero attached hydrogens (tertiary/aromatic N) is 1. The molecule has 0 saturated carbocycles. The van der Waals surface area contributed by atoms with Crippen molar-refractivity contribution in [2.45, 2.75) is 69.9 Å². The van der Waals surface area contributed by atoms with E-state index in [4.69, 9.17) is 14.6 Å². The minimum atomic E-state index is -5.08. The summed E-state index contributed by atoms with van der Waals surface area (Å²) < 4.78 is 37.8. The van der Waals surface area contributed by atoms with Crippen molar-refractivity contribution < 1.29 is 47.6 Å². The zero-order valence-corrected chi connectivity index (χ0v) is 18.3. The molecule has 0 spiro atoms. The van der Waals surface area contributed by atoms with E-state index in [1.165, 1.54) is 6.92 Å². The maximum Gasteiger partial charge on any atom is 0.490 e. The highest BCUT2D eigenvalue weighted by Gasteiger charge is 2.57. The Labute approximate surface area is 184 Å². The van der Waals surface area contributed by atoms with Crippen LogP contribution in [0.25, 0.3) is 0 Å². The Bertz CT molecular complexity index is 693. The lowest BCUT2D eigenvalue weighted by atomic mass is 9.75. The summed E-state index contributed by atoms with van der Waals surface area (Å²) >= 11 is 0. The van der Waals surface area contributed by atoms with Crippen LogP contribution < -0.4 is 5.32 Å². The Balaban J connectivity index is 0.000000633. The van der Waals surface area contributed by atoms with Gasteiger partial charge >= 0.3 is 18.1 Å². The van der Waals surface area contributed by atoms with Crippen LogP contribution >= 0.6 is 0 Å². The Kier molecular flexibility index (Phi) is 10.1. The largest absolute Gasteiger partial charge is 0.490 e. The average molecular weight is 468 g/mol. The Morgan fingerprint density at radius 1 is 1.28 bits per heavy atom. The number of hydrogen-bond acceptors (Lipinski definition) is 6. The highest BCUT2D eigenvalue weighted by molar-refractivity contribution is 5.75. The third-order valence-electron chi connectivity index (χ3n) is 5.71. The van der Waals surface area contributed by atoms with Gasteiger partial charge in [-0.05, 0) is 32.6 Å². The molecule has 2 saturated heterocycles. The van der Waals surface area contributed by atoms with E-state index < -0.39 is 29.8 Å². The number of aliphatic hydroxyl groups is 1. The monoisotopic (exact) mass is 468 g/mol. The topological polar surface area (TPSA) is 136 Å². The molecule has 0 aromatic heterocycles. The van der Waals surface area contributed by atoms with Crippen molar-refractivity contribution in [2.75, 3.05) is 19.8 Å². The lowest BCUT2D eigenvalue weighted by molar-refractivity contribution is -0.192. The molecule has 5 atom stereocenters. The summed E-state index contributed by atoms with van der Waals surface area (Å²) in [5.41, 5.74) is -0.677. The number of carbonyl (C=O) groups excluding carboxylic acids is 1. The first-order chi connectivity index (χ1) is 14.8. The van der Waals surface area contributed by atoms with Gasteiger partial charge in [0, 0.05) is 39.1 Å². The molecule has 32 heavy (non-hydrogen) atoms. The number of rotatable bonds is 7. The van der Waals surface area contributed by atoms with Crippen LogP contribution in [0.3, 0.4) is 0 Å². The van der Waals surface area contributed by atoms with E-state index >= 15 is 0 Å². The Morgan fingerprint density at radius 3 is 2.28 bits per heavy atom. The van der Waals surface area contributed by atoms with Crippen LogP contribution in [-0.4, -0.2) is 87.7 Å². The van der Waals surface area contributed by atoms with E-state index in [9.17, 15) is 33.0 Å². The molecule has 2 aliphatic heterocycles. The molecule has 0 unspecified atom stereocenters. The minimum Gasteiger partial charge on any atom is -0.480 e. The second-order valence-corrected chi connectivity index (χ2v) is 7.71. The first-order valence-electron chi connectivity index (χ1n) is 10.3. The first kappa shape index (κ1) is 27.9. The van der Waals surface area contributed by atoms with Gasteiger partial charge in [0.15, 0.2) is 0 Å². The van der Waals surface area contributed by atoms with E-state index in [1.807, 2.05) is 30.9 Å². The molecule has 12 heteroatoms. The van der Waals surface area contributed by atoms with Crippen molar-refractivity contribution in [2.24, 2.45) is 5.92 Å². The van der Waals surface area contributed by atoms with Crippen LogP contribution in [0.5, 0.6) is 0 Å². The number of piperidine rings is 1. The fraction of sp³-hybridized carbons (Fsp3) is 0.750. The summed E-state index contributed by atoms with van der Waals surface area (Å²) in [6.07, 6.45) is 0.380. The molecule has 184 valence electrons. The Hall–Kier alpha value is -2.18. The summed E-state index contributed by atoms with van der Waals surface area (Å²) in [7, 11) is 0. The lowest BCUT2D eigenvalue weighted by Gasteiger charge is -2.51. The summed E-state index contributed by atoms with van der Waals surface area (Å²) in [6.45, 7) is 6.28. The number of carboxylic acid groups (broad SMARTS) is 2. The van der Waals surface area contributed by atoms with Crippen LogP contribution in [0.15, 0.2) is 12.2 Å². The SMILES string of the molecule is C/C=C\[C@@H]1C[C@H](C(=O)O)N2CC[C@](CCO)(OCC)[C@H](NC(C)=O)[C@@H]12.O=C(O)C(F)(F)F. The molecule has 2 rings (SSSR count). The molecular formula is C20H31F3N2O7. The maximum absolute atomic E-state index is 11.9. The Morgan fingerprint density at radius 2 is 1.88 bits per heavy atom. The van der Waals surface area contributed by atoms with Gasteiger partial charge in [-0.15, -0.1) is 0 Å². The number of amides is 1. The average Bonchev–Trinajstić information content (AvgIpc) is 3.03. The van der Waals surface area contributed by atoms with Gasteiger partial charge in [0.25, 0.3) is 0 Å². The van der Waals surface area contributed by atoms with Gasteiger partial charge in [0.2, 0.25) is 5.91 Å². The number of hydrogen-bond donors (Lipinski definition) is 4. The van der Waals surface area contributed by atoms with Crippen molar-refractivity contribution in [3.8, 4) is 0 Å². The van der Waals surface area contributed by atoms with Gasteiger partial charge in [-0.2, -0.15) is 13.2 Å². The molecule has 2 aliphatic rings. The van der Waals surface area contributed by atoms with Gasteiger partial charge in [0.05, 0.1) is 11.6 Å². The summed E-state index contributed by atoms with van der Waals surface area (Å²) in [5, 5.41) is 29.4. The summed E-state index contributed by atoms with van der Waals surface area (Å²) in [6, 6.07) is -1.08. The number of allylic oxidation sites excluding steroid dienone is 1. The number of nitrogens with one attached hydrogen (secondary N) is 1. The van der Waals surface area contributed by atoms with E-state index in [0.717, 1.165) is 0 Å². The van der Waals surface area contributed by atoms with Gasteiger partial charge in [-0.25, -0.2) is 4.79 Å². The number of fused-ring (bicyclic) bond motifs is 1. The van der Waals surface area contributed by atoms with E-state index in [2.05, 4.69) is 5.32 Å². The molecule has 2 fully saturated rings. The highest BCUT2D eigenvalue weighted by atomic mass is 19.4. The number of alkyl halides is 3. The number of ether oxygens (including phenoxy) is 1. The van der Waals surface area contributed by atoms with E-state index in [0.29, 0.717) is 32.4 Å². The van der Waals surface area contributed by atoms with Crippen molar-refractivity contribution in [1.29, 1.82) is 0 Å². The summed E-state index contributed by atoms with van der Waals surface area (Å²) in [4.78, 5) is 34.5. The third kappa shape index (κ3) is 6.66. The van der Waals surface area contributed by atoms with Crippen molar-refractivity contribution >= 4 is 17.8 Å². The molecule has 0 bridgehead atoms. The number of carbonyl (C=O) groups is 3. The smallest absolute Gasteiger partial charge is 0.480 e. The number of aliphatic hydroxyl groups excluding tert-OH is 1. The normalized spacial score (nSPS) is 30.3. The third-order valence-corrected chi connectivity index (χ3v) is 5.71. The molecule has 4 N–H and O–H groups in total. The van der Waals surface area contributed by atoms with Gasteiger partial charge in [-0.3, -0.25) is 14.5 Å². The van der Waals surface area contributed by atoms with Crippen molar-refractivity contribution in [3.05, 3.63) is 12.2 Å². The number of carboxylic acids is 2. The first-order valence-corrected chi connectivity index (χ1v) is 10.3. The van der Waals surface area contributed by atoms with Crippen molar-refractivity contribution in [3.63, 3.8) is 0 Å². The number of halogens is 3. The molecule has 1 amide bonds. The minimum absolute atomic E-state index is 0.0155. The molecule has 0 radical (unpaired) electrons. The van der Waals surface area contributed by atoms with Gasteiger partial charge < -0.3 is 25.4 Å². The van der Waals surface area contributed by atoms with Crippen LogP contribution in [0.1, 0.15) is 40.0 Å². The second-order valence-electron chi connectivity index (χ2n) is 7.71.